The van der Waals surface area contributed by atoms with Crippen LogP contribution >= 0.6 is 0 Å². The second-order valence-corrected chi connectivity index (χ2v) is 4.55. The third-order valence-electron chi connectivity index (χ3n) is 3.17. The number of nitrogens with zero attached hydrogens (tertiary/aromatic N) is 4. The van der Waals surface area contributed by atoms with Crippen LogP contribution in [0.1, 0.15) is 37.1 Å². The molecule has 0 radical (unpaired) electrons. The van der Waals surface area contributed by atoms with Crippen LogP contribution in [0.4, 0.5) is 0 Å². The van der Waals surface area contributed by atoms with Crippen molar-refractivity contribution in [3.63, 3.8) is 0 Å². The monoisotopic (exact) mass is 254 g/mol. The van der Waals surface area contributed by atoms with Gasteiger partial charge < -0.3 is 4.74 Å². The van der Waals surface area contributed by atoms with Crippen LogP contribution in [0.5, 0.6) is 5.75 Å². The molecule has 1 saturated carbocycles. The summed E-state index contributed by atoms with van der Waals surface area (Å²) >= 11 is 0. The first-order chi connectivity index (χ1) is 9.33. The first-order valence-electron chi connectivity index (χ1n) is 6.42. The maximum absolute atomic E-state index is 9.08. The first-order valence-corrected chi connectivity index (χ1v) is 6.42. The SMILES string of the molecule is CCOc1ccc(-n2nnc(C#N)c2C2CC2)cc1. The maximum atomic E-state index is 9.08. The summed E-state index contributed by atoms with van der Waals surface area (Å²) in [5.74, 6) is 1.26. The zero-order valence-corrected chi connectivity index (χ0v) is 10.7. The van der Waals surface area contributed by atoms with E-state index in [9.17, 15) is 0 Å². The Kier molecular flexibility index (Phi) is 2.92. The van der Waals surface area contributed by atoms with Gasteiger partial charge in [-0.25, -0.2) is 4.68 Å². The molecule has 0 saturated heterocycles. The lowest BCUT2D eigenvalue weighted by Gasteiger charge is -2.07. The number of benzene rings is 1. The molecule has 1 fully saturated rings. The van der Waals surface area contributed by atoms with Gasteiger partial charge in [-0.2, -0.15) is 5.26 Å². The summed E-state index contributed by atoms with van der Waals surface area (Å²) in [6.07, 6.45) is 2.22. The topological polar surface area (TPSA) is 63.7 Å². The minimum absolute atomic E-state index is 0.427. The zero-order chi connectivity index (χ0) is 13.2. The van der Waals surface area contributed by atoms with Gasteiger partial charge in [0, 0.05) is 5.92 Å². The van der Waals surface area contributed by atoms with E-state index in [1.807, 2.05) is 31.2 Å². The highest BCUT2D eigenvalue weighted by molar-refractivity contribution is 5.42. The first kappa shape index (κ1) is 11.7. The van der Waals surface area contributed by atoms with E-state index < -0.39 is 0 Å². The molecule has 1 heterocycles. The minimum Gasteiger partial charge on any atom is -0.494 e. The Labute approximate surface area is 111 Å². The molecule has 0 spiro atoms. The van der Waals surface area contributed by atoms with Crippen molar-refractivity contribution in [2.45, 2.75) is 25.7 Å². The molecule has 0 amide bonds. The van der Waals surface area contributed by atoms with E-state index in [0.29, 0.717) is 18.2 Å². The van der Waals surface area contributed by atoms with Crippen molar-refractivity contribution in [3.05, 3.63) is 35.7 Å². The molecule has 3 rings (SSSR count). The fourth-order valence-corrected chi connectivity index (χ4v) is 2.13. The average Bonchev–Trinajstić information content (AvgIpc) is 3.19. The predicted molar refractivity (Wildman–Crippen MR) is 69.2 cm³/mol. The van der Waals surface area contributed by atoms with E-state index in [4.69, 9.17) is 10.00 Å². The second-order valence-electron chi connectivity index (χ2n) is 4.55. The molecule has 1 aromatic heterocycles. The normalized spacial score (nSPS) is 14.1. The van der Waals surface area contributed by atoms with Crippen molar-refractivity contribution in [1.29, 1.82) is 5.26 Å². The smallest absolute Gasteiger partial charge is 0.186 e. The van der Waals surface area contributed by atoms with Crippen molar-refractivity contribution in [1.82, 2.24) is 15.0 Å². The largest absolute Gasteiger partial charge is 0.494 e. The third-order valence-corrected chi connectivity index (χ3v) is 3.17. The molecule has 0 bridgehead atoms. The fraction of sp³-hybridized carbons (Fsp3) is 0.357. The van der Waals surface area contributed by atoms with E-state index in [1.54, 1.807) is 4.68 Å². The lowest BCUT2D eigenvalue weighted by molar-refractivity contribution is 0.340. The van der Waals surface area contributed by atoms with Crippen LogP contribution in [0.3, 0.4) is 0 Å². The molecule has 1 aliphatic carbocycles. The highest BCUT2D eigenvalue weighted by Gasteiger charge is 2.31. The third kappa shape index (κ3) is 2.17. The lowest BCUT2D eigenvalue weighted by Crippen LogP contribution is -2.02. The van der Waals surface area contributed by atoms with E-state index in [2.05, 4.69) is 16.4 Å². The minimum atomic E-state index is 0.427. The molecule has 0 atom stereocenters. The van der Waals surface area contributed by atoms with Gasteiger partial charge in [0.1, 0.15) is 11.8 Å². The van der Waals surface area contributed by atoms with Crippen LogP contribution in [0, 0.1) is 11.3 Å². The maximum Gasteiger partial charge on any atom is 0.186 e. The molecular weight excluding hydrogens is 240 g/mol. The molecule has 0 aliphatic heterocycles. The lowest BCUT2D eigenvalue weighted by atomic mass is 10.2. The Bertz CT molecular complexity index is 620. The molecule has 0 N–H and O–H groups in total. The second kappa shape index (κ2) is 4.73. The van der Waals surface area contributed by atoms with Crippen molar-refractivity contribution in [3.8, 4) is 17.5 Å². The van der Waals surface area contributed by atoms with Crippen LogP contribution in [-0.2, 0) is 0 Å². The van der Waals surface area contributed by atoms with E-state index in [-0.39, 0.29) is 0 Å². The van der Waals surface area contributed by atoms with Crippen molar-refractivity contribution in [2.24, 2.45) is 0 Å². The van der Waals surface area contributed by atoms with Crippen molar-refractivity contribution < 1.29 is 4.74 Å². The number of nitriles is 1. The number of ether oxygens (including phenoxy) is 1. The van der Waals surface area contributed by atoms with Gasteiger partial charge in [0.05, 0.1) is 18.0 Å². The van der Waals surface area contributed by atoms with Gasteiger partial charge in [-0.05, 0) is 44.0 Å². The molecule has 19 heavy (non-hydrogen) atoms. The van der Waals surface area contributed by atoms with Crippen LogP contribution in [0.15, 0.2) is 24.3 Å². The quantitative estimate of drug-likeness (QED) is 0.840. The standard InChI is InChI=1S/C14H14N4O/c1-2-19-12-7-5-11(6-8-12)18-14(10-3-4-10)13(9-15)16-17-18/h5-8,10H,2-4H2,1H3. The van der Waals surface area contributed by atoms with Gasteiger partial charge in [0.25, 0.3) is 0 Å². The molecule has 1 aliphatic rings. The van der Waals surface area contributed by atoms with Gasteiger partial charge in [-0.15, -0.1) is 5.10 Å². The number of hydrogen-bond donors (Lipinski definition) is 0. The Morgan fingerprint density at radius 2 is 2.11 bits per heavy atom. The Morgan fingerprint density at radius 1 is 1.37 bits per heavy atom. The fourth-order valence-electron chi connectivity index (χ4n) is 2.13. The molecular formula is C14H14N4O. The molecule has 96 valence electrons. The molecule has 5 nitrogen and oxygen atoms in total. The molecule has 2 aromatic rings. The highest BCUT2D eigenvalue weighted by Crippen LogP contribution is 2.41. The van der Waals surface area contributed by atoms with E-state index in [1.165, 1.54) is 0 Å². The van der Waals surface area contributed by atoms with Gasteiger partial charge in [0.15, 0.2) is 5.69 Å². The van der Waals surface area contributed by atoms with Gasteiger partial charge >= 0.3 is 0 Å². The highest BCUT2D eigenvalue weighted by atomic mass is 16.5. The average molecular weight is 254 g/mol. The number of rotatable bonds is 4. The predicted octanol–water partition coefficient (Wildman–Crippen LogP) is 2.42. The molecule has 0 unspecified atom stereocenters. The van der Waals surface area contributed by atoms with Crippen molar-refractivity contribution in [2.75, 3.05) is 6.61 Å². The van der Waals surface area contributed by atoms with Crippen LogP contribution in [-0.4, -0.2) is 21.6 Å². The zero-order valence-electron chi connectivity index (χ0n) is 10.7. The molecule has 5 heteroatoms. The Hall–Kier alpha value is -2.35. The number of aromatic nitrogens is 3. The van der Waals surface area contributed by atoms with Crippen LogP contribution in [0.2, 0.25) is 0 Å². The summed E-state index contributed by atoms with van der Waals surface area (Å²) in [7, 11) is 0. The Morgan fingerprint density at radius 3 is 2.68 bits per heavy atom. The summed E-state index contributed by atoms with van der Waals surface area (Å²) in [4.78, 5) is 0. The Balaban J connectivity index is 1.97. The summed E-state index contributed by atoms with van der Waals surface area (Å²) < 4.78 is 7.19. The van der Waals surface area contributed by atoms with Gasteiger partial charge in [-0.1, -0.05) is 5.21 Å². The van der Waals surface area contributed by atoms with Gasteiger partial charge in [-0.3, -0.25) is 0 Å². The summed E-state index contributed by atoms with van der Waals surface area (Å²) in [5, 5.41) is 17.1. The summed E-state index contributed by atoms with van der Waals surface area (Å²) in [6, 6.07) is 9.81. The van der Waals surface area contributed by atoms with Crippen molar-refractivity contribution >= 4 is 0 Å². The van der Waals surface area contributed by atoms with Crippen LogP contribution < -0.4 is 4.74 Å². The number of hydrogen-bond acceptors (Lipinski definition) is 4. The van der Waals surface area contributed by atoms with E-state index >= 15 is 0 Å². The summed E-state index contributed by atoms with van der Waals surface area (Å²) in [6.45, 7) is 2.60. The van der Waals surface area contributed by atoms with Crippen LogP contribution in [0.25, 0.3) is 5.69 Å². The van der Waals surface area contributed by atoms with Gasteiger partial charge in [0.2, 0.25) is 0 Å². The summed E-state index contributed by atoms with van der Waals surface area (Å²) in [5.41, 5.74) is 2.29. The van der Waals surface area contributed by atoms with E-state index in [0.717, 1.165) is 30.0 Å². The molecule has 1 aromatic carbocycles.